The molecule has 0 amide bonds. The Bertz CT molecular complexity index is 593. The van der Waals surface area contributed by atoms with Crippen LogP contribution in [0.4, 0.5) is 0 Å². The van der Waals surface area contributed by atoms with Crippen LogP contribution in [0.15, 0.2) is 42.5 Å². The predicted octanol–water partition coefficient (Wildman–Crippen LogP) is 2.96. The number of benzene rings is 2. The molecule has 0 unspecified atom stereocenters. The van der Waals surface area contributed by atoms with E-state index in [1.54, 1.807) is 0 Å². The molecule has 0 saturated carbocycles. The van der Waals surface area contributed by atoms with Gasteiger partial charge in [0.2, 0.25) is 0 Å². The van der Waals surface area contributed by atoms with E-state index in [-0.39, 0.29) is 0 Å². The van der Waals surface area contributed by atoms with Crippen LogP contribution in [0.25, 0.3) is 0 Å². The van der Waals surface area contributed by atoms with Crippen molar-refractivity contribution in [2.45, 2.75) is 19.4 Å². The van der Waals surface area contributed by atoms with Crippen molar-refractivity contribution in [3.05, 3.63) is 59.2 Å². The molecule has 3 rings (SSSR count). The maximum absolute atomic E-state index is 5.81. The van der Waals surface area contributed by atoms with Crippen LogP contribution in [-0.4, -0.2) is 20.3 Å². The zero-order valence-electron chi connectivity index (χ0n) is 12.4. The van der Waals surface area contributed by atoms with Crippen LogP contribution in [0.1, 0.15) is 16.7 Å². The molecular formula is C18H21NO2. The number of nitrogens with one attached hydrogen (secondary N) is 1. The number of ether oxygens (including phenoxy) is 2. The first-order valence-corrected chi connectivity index (χ1v) is 7.46. The molecular weight excluding hydrogens is 262 g/mol. The Kier molecular flexibility index (Phi) is 4.41. The fourth-order valence-electron chi connectivity index (χ4n) is 2.59. The Hall–Kier alpha value is -2.00. The number of rotatable bonds is 6. The number of hydrogen-bond donors (Lipinski definition) is 1. The summed E-state index contributed by atoms with van der Waals surface area (Å²) in [5, 5.41) is 3.14. The van der Waals surface area contributed by atoms with E-state index in [4.69, 9.17) is 9.47 Å². The van der Waals surface area contributed by atoms with Crippen LogP contribution in [0.3, 0.4) is 0 Å². The van der Waals surface area contributed by atoms with Gasteiger partial charge in [-0.1, -0.05) is 24.3 Å². The van der Waals surface area contributed by atoms with E-state index in [2.05, 4.69) is 35.6 Å². The van der Waals surface area contributed by atoms with E-state index in [0.717, 1.165) is 37.5 Å². The van der Waals surface area contributed by atoms with Gasteiger partial charge < -0.3 is 14.8 Å². The van der Waals surface area contributed by atoms with Crippen LogP contribution in [0, 0.1) is 0 Å². The van der Waals surface area contributed by atoms with Gasteiger partial charge in [-0.15, -0.1) is 0 Å². The topological polar surface area (TPSA) is 30.5 Å². The Balaban J connectivity index is 1.51. The van der Waals surface area contributed by atoms with Gasteiger partial charge >= 0.3 is 0 Å². The van der Waals surface area contributed by atoms with Gasteiger partial charge in [-0.3, -0.25) is 0 Å². The standard InChI is InChI=1S/C18H21NO2/c1-19-13-15-2-5-17(6-3-15)20-10-8-14-4-7-18-16(12-14)9-11-21-18/h2-7,12,19H,8-11,13H2,1H3. The summed E-state index contributed by atoms with van der Waals surface area (Å²) < 4.78 is 11.3. The van der Waals surface area contributed by atoms with E-state index in [1.807, 2.05) is 19.2 Å². The molecule has 0 aliphatic carbocycles. The quantitative estimate of drug-likeness (QED) is 0.884. The van der Waals surface area contributed by atoms with Gasteiger partial charge in [0.25, 0.3) is 0 Å². The Morgan fingerprint density at radius 2 is 1.90 bits per heavy atom. The molecule has 0 bridgehead atoms. The molecule has 1 aliphatic heterocycles. The Labute approximate surface area is 125 Å². The van der Waals surface area contributed by atoms with Crippen molar-refractivity contribution >= 4 is 0 Å². The average Bonchev–Trinajstić information content (AvgIpc) is 2.97. The monoisotopic (exact) mass is 283 g/mol. The normalized spacial score (nSPS) is 12.8. The molecule has 21 heavy (non-hydrogen) atoms. The number of hydrogen-bond acceptors (Lipinski definition) is 3. The van der Waals surface area contributed by atoms with Gasteiger partial charge in [-0.25, -0.2) is 0 Å². The summed E-state index contributed by atoms with van der Waals surface area (Å²) >= 11 is 0. The minimum atomic E-state index is 0.699. The first-order chi connectivity index (χ1) is 10.3. The van der Waals surface area contributed by atoms with Crippen molar-refractivity contribution in [1.82, 2.24) is 5.32 Å². The van der Waals surface area contributed by atoms with Gasteiger partial charge in [0.1, 0.15) is 11.5 Å². The fraction of sp³-hybridized carbons (Fsp3) is 0.333. The van der Waals surface area contributed by atoms with Crippen LogP contribution in [-0.2, 0) is 19.4 Å². The molecule has 0 spiro atoms. The average molecular weight is 283 g/mol. The second kappa shape index (κ2) is 6.64. The van der Waals surface area contributed by atoms with E-state index in [0.29, 0.717) is 6.61 Å². The molecule has 0 atom stereocenters. The Morgan fingerprint density at radius 1 is 1.10 bits per heavy atom. The molecule has 0 radical (unpaired) electrons. The summed E-state index contributed by atoms with van der Waals surface area (Å²) in [6.45, 7) is 2.40. The largest absolute Gasteiger partial charge is 0.493 e. The molecule has 0 aromatic heterocycles. The minimum absolute atomic E-state index is 0.699. The van der Waals surface area contributed by atoms with Crippen LogP contribution >= 0.6 is 0 Å². The highest BCUT2D eigenvalue weighted by Crippen LogP contribution is 2.26. The summed E-state index contributed by atoms with van der Waals surface area (Å²) in [5.41, 5.74) is 3.90. The fourth-order valence-corrected chi connectivity index (χ4v) is 2.59. The number of fused-ring (bicyclic) bond motifs is 1. The molecule has 2 aromatic rings. The maximum atomic E-state index is 5.81. The van der Waals surface area contributed by atoms with E-state index in [1.165, 1.54) is 16.7 Å². The summed E-state index contributed by atoms with van der Waals surface area (Å²) in [7, 11) is 1.95. The van der Waals surface area contributed by atoms with Crippen molar-refractivity contribution in [2.24, 2.45) is 0 Å². The van der Waals surface area contributed by atoms with Gasteiger partial charge in [0.15, 0.2) is 0 Å². The van der Waals surface area contributed by atoms with Crippen molar-refractivity contribution in [1.29, 1.82) is 0 Å². The molecule has 1 heterocycles. The molecule has 1 N–H and O–H groups in total. The van der Waals surface area contributed by atoms with E-state index < -0.39 is 0 Å². The van der Waals surface area contributed by atoms with E-state index in [9.17, 15) is 0 Å². The maximum Gasteiger partial charge on any atom is 0.122 e. The molecule has 0 fully saturated rings. The van der Waals surface area contributed by atoms with Crippen molar-refractivity contribution in [3.63, 3.8) is 0 Å². The van der Waals surface area contributed by atoms with Gasteiger partial charge in [0, 0.05) is 19.4 Å². The summed E-state index contributed by atoms with van der Waals surface area (Å²) in [6.07, 6.45) is 1.95. The van der Waals surface area contributed by atoms with Crippen molar-refractivity contribution in [3.8, 4) is 11.5 Å². The van der Waals surface area contributed by atoms with Gasteiger partial charge in [-0.05, 0) is 41.9 Å². The molecule has 3 nitrogen and oxygen atoms in total. The third kappa shape index (κ3) is 3.56. The second-order valence-electron chi connectivity index (χ2n) is 5.31. The third-order valence-corrected chi connectivity index (χ3v) is 3.72. The molecule has 3 heteroatoms. The minimum Gasteiger partial charge on any atom is -0.493 e. The molecule has 0 saturated heterocycles. The first-order valence-electron chi connectivity index (χ1n) is 7.46. The SMILES string of the molecule is CNCc1ccc(OCCc2ccc3c(c2)CCO3)cc1. The zero-order chi connectivity index (χ0) is 14.5. The zero-order valence-corrected chi connectivity index (χ0v) is 12.4. The summed E-state index contributed by atoms with van der Waals surface area (Å²) in [5.74, 6) is 1.97. The summed E-state index contributed by atoms with van der Waals surface area (Å²) in [6, 6.07) is 14.7. The van der Waals surface area contributed by atoms with Crippen molar-refractivity contribution in [2.75, 3.05) is 20.3 Å². The lowest BCUT2D eigenvalue weighted by molar-refractivity contribution is 0.322. The predicted molar refractivity (Wildman–Crippen MR) is 84.0 cm³/mol. The second-order valence-corrected chi connectivity index (χ2v) is 5.31. The van der Waals surface area contributed by atoms with Crippen LogP contribution < -0.4 is 14.8 Å². The van der Waals surface area contributed by atoms with Crippen LogP contribution in [0.2, 0.25) is 0 Å². The molecule has 2 aromatic carbocycles. The Morgan fingerprint density at radius 3 is 2.71 bits per heavy atom. The van der Waals surface area contributed by atoms with E-state index >= 15 is 0 Å². The lowest BCUT2D eigenvalue weighted by Gasteiger charge is -2.08. The lowest BCUT2D eigenvalue weighted by atomic mass is 10.1. The highest BCUT2D eigenvalue weighted by molar-refractivity contribution is 5.39. The van der Waals surface area contributed by atoms with Crippen LogP contribution in [0.5, 0.6) is 11.5 Å². The van der Waals surface area contributed by atoms with Gasteiger partial charge in [0.05, 0.1) is 13.2 Å². The smallest absolute Gasteiger partial charge is 0.122 e. The summed E-state index contributed by atoms with van der Waals surface area (Å²) in [4.78, 5) is 0. The highest BCUT2D eigenvalue weighted by Gasteiger charge is 2.11. The molecule has 1 aliphatic rings. The third-order valence-electron chi connectivity index (χ3n) is 3.72. The van der Waals surface area contributed by atoms with Gasteiger partial charge in [-0.2, -0.15) is 0 Å². The lowest BCUT2D eigenvalue weighted by Crippen LogP contribution is -2.05. The first kappa shape index (κ1) is 14.0. The molecule has 110 valence electrons. The van der Waals surface area contributed by atoms with Crippen molar-refractivity contribution < 1.29 is 9.47 Å². The highest BCUT2D eigenvalue weighted by atomic mass is 16.5.